The van der Waals surface area contributed by atoms with Crippen LogP contribution in [0.1, 0.15) is 59.1 Å². The summed E-state index contributed by atoms with van der Waals surface area (Å²) in [6.07, 6.45) is -0.853. The van der Waals surface area contributed by atoms with Crippen molar-refractivity contribution in [1.82, 2.24) is 4.90 Å². The summed E-state index contributed by atoms with van der Waals surface area (Å²) in [5.41, 5.74) is 1.15. The van der Waals surface area contributed by atoms with E-state index >= 15 is 0 Å². The molecule has 8 nitrogen and oxygen atoms in total. The predicted octanol–water partition coefficient (Wildman–Crippen LogP) is 6.55. The van der Waals surface area contributed by atoms with Gasteiger partial charge in [-0.05, 0) is 83.7 Å². The highest BCUT2D eigenvalue weighted by molar-refractivity contribution is 9.10. The Morgan fingerprint density at radius 2 is 1.59 bits per heavy atom. The van der Waals surface area contributed by atoms with E-state index in [1.807, 2.05) is 90.1 Å². The quantitative estimate of drug-likeness (QED) is 0.386. The molecule has 39 heavy (non-hydrogen) atoms. The molecule has 2 aromatic rings. The van der Waals surface area contributed by atoms with Crippen LogP contribution in [0.15, 0.2) is 53.0 Å². The number of aryl methyl sites for hydroxylation is 1. The molecule has 3 rings (SSSR count). The molecule has 212 valence electrons. The van der Waals surface area contributed by atoms with Crippen LogP contribution in [0.2, 0.25) is 0 Å². The zero-order valence-corrected chi connectivity index (χ0v) is 25.2. The van der Waals surface area contributed by atoms with Gasteiger partial charge in [-0.15, -0.1) is 0 Å². The maximum Gasteiger partial charge on any atom is 0.412 e. The van der Waals surface area contributed by atoms with Crippen molar-refractivity contribution >= 4 is 39.6 Å². The number of hydrogen-bond acceptors (Lipinski definition) is 6. The minimum absolute atomic E-state index is 0.0948. The molecule has 2 atom stereocenters. The number of benzene rings is 2. The molecule has 0 saturated carbocycles. The summed E-state index contributed by atoms with van der Waals surface area (Å²) in [4.78, 5) is 40.1. The topological polar surface area (TPSA) is 94.2 Å². The normalized spacial score (nSPS) is 17.9. The fourth-order valence-corrected chi connectivity index (χ4v) is 4.42. The number of carbonyl (C=O) groups excluding carboxylic acids is 3. The van der Waals surface area contributed by atoms with Crippen LogP contribution in [0.3, 0.4) is 0 Å². The second kappa shape index (κ2) is 13.0. The lowest BCUT2D eigenvalue weighted by atomic mass is 10.0. The average Bonchev–Trinajstić information content (AvgIpc) is 2.82. The van der Waals surface area contributed by atoms with Gasteiger partial charge in [0.05, 0.1) is 19.2 Å². The standard InChI is InChI=1S/C30H39BrN2O6/c1-29(2,3)38-27(35)32-24-10-8-7-9-21(24)13-16-23-18-33(28(36)39-30(4,5)6)19-26(37-23)25(34)17-20-11-14-22(31)15-12-20/h7-12,14-15,23,26H,13,16-19H2,1-6H3,(H,32,35)/t23-,26+/m1/s1. The number of carbonyl (C=O) groups is 3. The molecule has 2 aromatic carbocycles. The Morgan fingerprint density at radius 1 is 0.949 bits per heavy atom. The number of para-hydroxylation sites is 1. The van der Waals surface area contributed by atoms with Gasteiger partial charge in [-0.3, -0.25) is 10.1 Å². The van der Waals surface area contributed by atoms with Gasteiger partial charge in [-0.25, -0.2) is 9.59 Å². The van der Waals surface area contributed by atoms with Crippen LogP contribution in [-0.2, 0) is 31.8 Å². The predicted molar refractivity (Wildman–Crippen MR) is 154 cm³/mol. The van der Waals surface area contributed by atoms with Crippen molar-refractivity contribution in [3.8, 4) is 0 Å². The summed E-state index contributed by atoms with van der Waals surface area (Å²) in [6, 6.07) is 15.1. The molecule has 1 N–H and O–H groups in total. The Labute approximate surface area is 239 Å². The van der Waals surface area contributed by atoms with Crippen molar-refractivity contribution in [1.29, 1.82) is 0 Å². The molecule has 1 aliphatic rings. The fraction of sp³-hybridized carbons (Fsp3) is 0.500. The van der Waals surface area contributed by atoms with E-state index in [0.717, 1.165) is 15.6 Å². The van der Waals surface area contributed by atoms with Gasteiger partial charge in [0.2, 0.25) is 0 Å². The summed E-state index contributed by atoms with van der Waals surface area (Å²) < 4.78 is 18.2. The zero-order chi connectivity index (χ0) is 28.8. The van der Waals surface area contributed by atoms with E-state index in [-0.39, 0.29) is 24.9 Å². The molecule has 0 radical (unpaired) electrons. The maximum atomic E-state index is 13.2. The number of Topliss-reactive ketones (excluding diaryl/α,β-unsaturated/α-hetero) is 1. The summed E-state index contributed by atoms with van der Waals surface area (Å²) in [5.74, 6) is -0.0948. The first kappa shape index (κ1) is 30.6. The SMILES string of the molecule is CC(C)(C)OC(=O)Nc1ccccc1CC[C@@H]1CN(C(=O)OC(C)(C)C)C[C@@H](C(=O)Cc2ccc(Br)cc2)O1. The van der Waals surface area contributed by atoms with Crippen molar-refractivity contribution in [3.63, 3.8) is 0 Å². The van der Waals surface area contributed by atoms with Gasteiger partial charge in [-0.2, -0.15) is 0 Å². The average molecular weight is 604 g/mol. The lowest BCUT2D eigenvalue weighted by molar-refractivity contribution is -0.143. The van der Waals surface area contributed by atoms with Crippen LogP contribution in [0.5, 0.6) is 0 Å². The number of halogens is 1. The van der Waals surface area contributed by atoms with Crippen LogP contribution in [0.25, 0.3) is 0 Å². The number of anilines is 1. The molecule has 1 aliphatic heterocycles. The Morgan fingerprint density at radius 3 is 2.23 bits per heavy atom. The first-order chi connectivity index (χ1) is 18.2. The molecule has 0 bridgehead atoms. The van der Waals surface area contributed by atoms with Crippen molar-refractivity contribution < 1.29 is 28.6 Å². The monoisotopic (exact) mass is 602 g/mol. The van der Waals surface area contributed by atoms with Crippen molar-refractivity contribution in [3.05, 3.63) is 64.1 Å². The highest BCUT2D eigenvalue weighted by Gasteiger charge is 2.36. The molecular weight excluding hydrogens is 564 g/mol. The number of morpholine rings is 1. The van der Waals surface area contributed by atoms with Crippen LogP contribution < -0.4 is 5.32 Å². The summed E-state index contributed by atoms with van der Waals surface area (Å²) >= 11 is 3.41. The van der Waals surface area contributed by atoms with E-state index in [1.54, 1.807) is 4.90 Å². The fourth-order valence-electron chi connectivity index (χ4n) is 4.16. The molecule has 0 unspecified atom stereocenters. The van der Waals surface area contributed by atoms with Crippen LogP contribution in [0, 0.1) is 0 Å². The number of rotatable bonds is 7. The van der Waals surface area contributed by atoms with Crippen LogP contribution in [0.4, 0.5) is 15.3 Å². The molecule has 9 heteroatoms. The lowest BCUT2D eigenvalue weighted by Crippen LogP contribution is -2.54. The van der Waals surface area contributed by atoms with Gasteiger partial charge < -0.3 is 19.1 Å². The van der Waals surface area contributed by atoms with E-state index in [2.05, 4.69) is 21.2 Å². The zero-order valence-electron chi connectivity index (χ0n) is 23.6. The van der Waals surface area contributed by atoms with E-state index < -0.39 is 29.5 Å². The summed E-state index contributed by atoms with van der Waals surface area (Å²) in [5, 5.41) is 2.82. The lowest BCUT2D eigenvalue weighted by Gasteiger charge is -2.38. The van der Waals surface area contributed by atoms with Gasteiger partial charge >= 0.3 is 12.2 Å². The Bertz CT molecular complexity index is 1150. The second-order valence-corrected chi connectivity index (χ2v) is 12.6. The molecule has 2 amide bonds. The van der Waals surface area contributed by atoms with Crippen LogP contribution in [-0.4, -0.2) is 59.4 Å². The molecule has 1 fully saturated rings. The molecule has 0 aliphatic carbocycles. The first-order valence-electron chi connectivity index (χ1n) is 13.2. The first-order valence-corrected chi connectivity index (χ1v) is 14.0. The third-order valence-corrected chi connectivity index (χ3v) is 6.39. The third-order valence-electron chi connectivity index (χ3n) is 5.86. The highest BCUT2D eigenvalue weighted by atomic mass is 79.9. The molecule has 1 saturated heterocycles. The van der Waals surface area contributed by atoms with Gasteiger partial charge in [-0.1, -0.05) is 46.3 Å². The Balaban J connectivity index is 1.72. The maximum absolute atomic E-state index is 13.2. The molecule has 0 aromatic heterocycles. The smallest absolute Gasteiger partial charge is 0.412 e. The second-order valence-electron chi connectivity index (χ2n) is 11.7. The Hall–Kier alpha value is -2.91. The van der Waals surface area contributed by atoms with Gasteiger partial charge in [0, 0.05) is 16.6 Å². The van der Waals surface area contributed by atoms with E-state index in [4.69, 9.17) is 14.2 Å². The van der Waals surface area contributed by atoms with Crippen molar-refractivity contribution in [2.75, 3.05) is 18.4 Å². The summed E-state index contributed by atoms with van der Waals surface area (Å²) in [6.45, 7) is 11.3. The van der Waals surface area contributed by atoms with Crippen molar-refractivity contribution in [2.45, 2.75) is 84.2 Å². The third kappa shape index (κ3) is 10.3. The minimum Gasteiger partial charge on any atom is -0.444 e. The number of ether oxygens (including phenoxy) is 3. The van der Waals surface area contributed by atoms with Gasteiger partial charge in [0.1, 0.15) is 17.3 Å². The number of ketones is 1. The van der Waals surface area contributed by atoms with Gasteiger partial charge in [0.25, 0.3) is 0 Å². The molecule has 0 spiro atoms. The van der Waals surface area contributed by atoms with Crippen molar-refractivity contribution in [2.24, 2.45) is 0 Å². The van der Waals surface area contributed by atoms with Gasteiger partial charge in [0.15, 0.2) is 5.78 Å². The molecule has 1 heterocycles. The summed E-state index contributed by atoms with van der Waals surface area (Å²) in [7, 11) is 0. The number of amides is 2. The Kier molecular flexibility index (Phi) is 10.2. The molecular formula is C30H39BrN2O6. The van der Waals surface area contributed by atoms with Crippen LogP contribution >= 0.6 is 15.9 Å². The number of nitrogens with zero attached hydrogens (tertiary/aromatic N) is 1. The largest absolute Gasteiger partial charge is 0.444 e. The minimum atomic E-state index is -0.768. The van der Waals surface area contributed by atoms with E-state index in [1.165, 1.54) is 0 Å². The highest BCUT2D eigenvalue weighted by Crippen LogP contribution is 2.24. The number of nitrogens with one attached hydrogen (secondary N) is 1. The van der Waals surface area contributed by atoms with E-state index in [0.29, 0.717) is 25.1 Å². The number of hydrogen-bond donors (Lipinski definition) is 1. The van der Waals surface area contributed by atoms with E-state index in [9.17, 15) is 14.4 Å².